The van der Waals surface area contributed by atoms with E-state index in [2.05, 4.69) is 10.3 Å². The maximum atomic E-state index is 11.9. The summed E-state index contributed by atoms with van der Waals surface area (Å²) in [6, 6.07) is 7.73. The summed E-state index contributed by atoms with van der Waals surface area (Å²) in [6.07, 6.45) is -2.72. The second kappa shape index (κ2) is 5.79. The van der Waals surface area contributed by atoms with E-state index in [1.807, 2.05) is 24.3 Å². The van der Waals surface area contributed by atoms with Gasteiger partial charge in [-0.15, -0.1) is 0 Å². The largest absolute Gasteiger partial charge is 0.497 e. The Kier molecular flexibility index (Phi) is 4.31. The maximum absolute atomic E-state index is 11.9. The Labute approximate surface area is 109 Å². The van der Waals surface area contributed by atoms with Crippen LogP contribution in [0.25, 0.3) is 0 Å². The third-order valence-corrected chi connectivity index (χ3v) is 3.21. The van der Waals surface area contributed by atoms with E-state index in [4.69, 9.17) is 4.74 Å². The average molecular weight is 275 g/mol. The Hall–Kier alpha value is -1.27. The minimum absolute atomic E-state index is 0.00514. The van der Waals surface area contributed by atoms with Crippen LogP contribution in [0.3, 0.4) is 0 Å². The number of rotatable bonds is 5. The van der Waals surface area contributed by atoms with Crippen molar-refractivity contribution in [3.05, 3.63) is 29.8 Å². The molecule has 1 aliphatic carbocycles. The second-order valence-electron chi connectivity index (χ2n) is 4.66. The first-order valence-electron chi connectivity index (χ1n) is 6.06. The number of benzene rings is 1. The van der Waals surface area contributed by atoms with Gasteiger partial charge >= 0.3 is 6.18 Å². The van der Waals surface area contributed by atoms with Crippen molar-refractivity contribution in [2.45, 2.75) is 31.0 Å². The highest BCUT2D eigenvalue weighted by Gasteiger charge is 2.32. The molecule has 0 amide bonds. The van der Waals surface area contributed by atoms with Gasteiger partial charge in [-0.1, -0.05) is 12.1 Å². The van der Waals surface area contributed by atoms with Crippen LogP contribution in [0.4, 0.5) is 13.2 Å². The smallest absolute Gasteiger partial charge is 0.413 e. The average Bonchev–Trinajstić information content (AvgIpc) is 2.31. The number of halogens is 3. The molecule has 0 aliphatic heterocycles. The number of methoxy groups -OCH3 is 1. The van der Waals surface area contributed by atoms with Gasteiger partial charge < -0.3 is 4.74 Å². The Morgan fingerprint density at radius 1 is 1.21 bits per heavy atom. The van der Waals surface area contributed by atoms with Gasteiger partial charge in [0.1, 0.15) is 5.75 Å². The molecule has 1 aromatic carbocycles. The summed E-state index contributed by atoms with van der Waals surface area (Å²) in [5, 5.41) is 0. The van der Waals surface area contributed by atoms with Gasteiger partial charge in [-0.2, -0.15) is 18.7 Å². The van der Waals surface area contributed by atoms with Gasteiger partial charge in [-0.05, 0) is 36.5 Å². The van der Waals surface area contributed by atoms with E-state index >= 15 is 0 Å². The molecule has 106 valence electrons. The lowest BCUT2D eigenvalue weighted by molar-refractivity contribution is -0.195. The molecule has 0 unspecified atom stereocenters. The third kappa shape index (κ3) is 4.11. The summed E-state index contributed by atoms with van der Waals surface area (Å²) >= 11 is 0. The zero-order chi connectivity index (χ0) is 13.9. The molecule has 1 aliphatic rings. The zero-order valence-electron chi connectivity index (χ0n) is 10.5. The summed E-state index contributed by atoms with van der Waals surface area (Å²) in [7, 11) is 1.61. The van der Waals surface area contributed by atoms with Crippen molar-refractivity contribution < 1.29 is 22.7 Å². The molecule has 1 aromatic rings. The minimum atomic E-state index is -4.29. The highest BCUT2D eigenvalue weighted by atomic mass is 19.4. The molecule has 0 bridgehead atoms. The van der Waals surface area contributed by atoms with Crippen LogP contribution >= 0.6 is 0 Å². The van der Waals surface area contributed by atoms with Crippen molar-refractivity contribution in [3.63, 3.8) is 0 Å². The van der Waals surface area contributed by atoms with Gasteiger partial charge in [0.2, 0.25) is 0 Å². The lowest BCUT2D eigenvalue weighted by Gasteiger charge is -2.35. The normalized spacial score (nSPS) is 22.9. The van der Waals surface area contributed by atoms with Crippen LogP contribution in [0.5, 0.6) is 5.75 Å². The van der Waals surface area contributed by atoms with E-state index in [0.29, 0.717) is 5.92 Å². The molecule has 1 saturated carbocycles. The monoisotopic (exact) mass is 275 g/mol. The van der Waals surface area contributed by atoms with Crippen LogP contribution in [-0.2, 0) is 4.84 Å². The van der Waals surface area contributed by atoms with Crippen molar-refractivity contribution >= 4 is 0 Å². The highest BCUT2D eigenvalue weighted by molar-refractivity contribution is 5.30. The second-order valence-corrected chi connectivity index (χ2v) is 4.66. The van der Waals surface area contributed by atoms with Crippen molar-refractivity contribution in [1.82, 2.24) is 5.48 Å². The van der Waals surface area contributed by atoms with Gasteiger partial charge in [0, 0.05) is 6.04 Å². The van der Waals surface area contributed by atoms with E-state index in [9.17, 15) is 13.2 Å². The summed E-state index contributed by atoms with van der Waals surface area (Å²) in [4.78, 5) is 4.43. The Bertz CT molecular complexity index is 399. The maximum Gasteiger partial charge on any atom is 0.413 e. The zero-order valence-corrected chi connectivity index (χ0v) is 10.5. The first-order chi connectivity index (χ1) is 8.98. The highest BCUT2D eigenvalue weighted by Crippen LogP contribution is 2.37. The van der Waals surface area contributed by atoms with Gasteiger partial charge in [0.15, 0.2) is 6.61 Å². The summed E-state index contributed by atoms with van der Waals surface area (Å²) < 4.78 is 40.7. The van der Waals surface area contributed by atoms with Crippen molar-refractivity contribution in [2.24, 2.45) is 0 Å². The molecular formula is C13H16F3NO2. The molecule has 0 spiro atoms. The predicted molar refractivity (Wildman–Crippen MR) is 63.9 cm³/mol. The van der Waals surface area contributed by atoms with E-state index in [-0.39, 0.29) is 6.04 Å². The molecule has 6 heteroatoms. The summed E-state index contributed by atoms with van der Waals surface area (Å²) in [5.74, 6) is 1.17. The molecule has 1 fully saturated rings. The SMILES string of the molecule is COc1ccc(C2CC(NOCC(F)(F)F)C2)cc1. The topological polar surface area (TPSA) is 30.5 Å². The fourth-order valence-corrected chi connectivity index (χ4v) is 2.10. The van der Waals surface area contributed by atoms with Gasteiger partial charge in [0.25, 0.3) is 0 Å². The number of hydroxylamine groups is 1. The van der Waals surface area contributed by atoms with E-state index in [0.717, 1.165) is 18.6 Å². The number of nitrogens with one attached hydrogen (secondary N) is 1. The molecule has 0 atom stereocenters. The van der Waals surface area contributed by atoms with E-state index in [1.165, 1.54) is 5.56 Å². The molecular weight excluding hydrogens is 259 g/mol. The minimum Gasteiger partial charge on any atom is -0.497 e. The number of ether oxygens (including phenoxy) is 1. The van der Waals surface area contributed by atoms with Crippen molar-refractivity contribution in [2.75, 3.05) is 13.7 Å². The quantitative estimate of drug-likeness (QED) is 0.838. The number of hydrogen-bond donors (Lipinski definition) is 1. The summed E-state index contributed by atoms with van der Waals surface area (Å²) in [6.45, 7) is -1.25. The van der Waals surface area contributed by atoms with Gasteiger partial charge in [-0.3, -0.25) is 4.84 Å². The van der Waals surface area contributed by atoms with Crippen LogP contribution in [0.2, 0.25) is 0 Å². The van der Waals surface area contributed by atoms with Crippen molar-refractivity contribution in [3.8, 4) is 5.75 Å². The van der Waals surface area contributed by atoms with Crippen LogP contribution in [0.1, 0.15) is 24.3 Å². The first-order valence-corrected chi connectivity index (χ1v) is 6.06. The molecule has 0 radical (unpaired) electrons. The molecule has 1 N–H and O–H groups in total. The van der Waals surface area contributed by atoms with Crippen molar-refractivity contribution in [1.29, 1.82) is 0 Å². The Morgan fingerprint density at radius 3 is 2.37 bits per heavy atom. The Morgan fingerprint density at radius 2 is 1.84 bits per heavy atom. The molecule has 0 aromatic heterocycles. The first kappa shape index (κ1) is 14.1. The number of alkyl halides is 3. The van der Waals surface area contributed by atoms with Crippen LogP contribution in [0.15, 0.2) is 24.3 Å². The standard InChI is InChI=1S/C13H16F3NO2/c1-18-12-4-2-9(3-5-12)10-6-11(7-10)17-19-8-13(14,15)16/h2-5,10-11,17H,6-8H2,1H3. The molecule has 19 heavy (non-hydrogen) atoms. The lowest BCUT2D eigenvalue weighted by atomic mass is 9.76. The Balaban J connectivity index is 1.70. The fourth-order valence-electron chi connectivity index (χ4n) is 2.10. The lowest BCUT2D eigenvalue weighted by Crippen LogP contribution is -2.41. The predicted octanol–water partition coefficient (Wildman–Crippen LogP) is 3.02. The van der Waals surface area contributed by atoms with E-state index in [1.54, 1.807) is 7.11 Å². The van der Waals surface area contributed by atoms with Gasteiger partial charge in [0.05, 0.1) is 7.11 Å². The van der Waals surface area contributed by atoms with Crippen LogP contribution < -0.4 is 10.2 Å². The molecule has 2 rings (SSSR count). The summed E-state index contributed by atoms with van der Waals surface area (Å²) in [5.41, 5.74) is 3.63. The molecule has 3 nitrogen and oxygen atoms in total. The van der Waals surface area contributed by atoms with Crippen LogP contribution in [-0.4, -0.2) is 25.9 Å². The van der Waals surface area contributed by atoms with Gasteiger partial charge in [-0.25, -0.2) is 0 Å². The molecule has 0 heterocycles. The number of hydrogen-bond acceptors (Lipinski definition) is 3. The third-order valence-electron chi connectivity index (χ3n) is 3.21. The molecule has 0 saturated heterocycles. The van der Waals surface area contributed by atoms with E-state index < -0.39 is 12.8 Å². The fraction of sp³-hybridized carbons (Fsp3) is 0.538. The van der Waals surface area contributed by atoms with Crippen LogP contribution in [0, 0.1) is 0 Å².